The molecule has 0 aliphatic heterocycles. The van der Waals surface area contributed by atoms with Gasteiger partial charge in [0.15, 0.2) is 0 Å². The normalized spacial score (nSPS) is 11.4. The Morgan fingerprint density at radius 3 is 2.48 bits per heavy atom. The number of amides is 1. The molecule has 1 heterocycles. The van der Waals surface area contributed by atoms with Crippen molar-refractivity contribution >= 4 is 23.4 Å². The summed E-state index contributed by atoms with van der Waals surface area (Å²) in [6, 6.07) is 13.9. The van der Waals surface area contributed by atoms with Crippen LogP contribution in [0.1, 0.15) is 26.3 Å². The number of halogens is 1. The van der Waals surface area contributed by atoms with Gasteiger partial charge in [-0.05, 0) is 35.2 Å². The summed E-state index contributed by atoms with van der Waals surface area (Å²) >= 11 is 1.10. The summed E-state index contributed by atoms with van der Waals surface area (Å²) in [4.78, 5) is 12.1. The number of benzene rings is 2. The second-order valence-electron chi connectivity index (χ2n) is 7.02. The maximum atomic E-state index is 13.7. The highest BCUT2D eigenvalue weighted by Crippen LogP contribution is 2.26. The average Bonchev–Trinajstić information content (AvgIpc) is 3.09. The molecule has 5 nitrogen and oxygen atoms in total. The molecule has 0 spiro atoms. The Balaban J connectivity index is 1.56. The molecule has 0 radical (unpaired) electrons. The van der Waals surface area contributed by atoms with E-state index in [1.54, 1.807) is 18.2 Å². The molecule has 2 aromatic carbocycles. The lowest BCUT2D eigenvalue weighted by Crippen LogP contribution is -2.15. The van der Waals surface area contributed by atoms with Crippen molar-refractivity contribution in [1.29, 1.82) is 0 Å². The Hall–Kier alpha value is -2.67. The minimum absolute atomic E-state index is 0.0618. The molecule has 0 bridgehead atoms. The molecule has 3 aromatic rings. The predicted molar refractivity (Wildman–Crippen MR) is 104 cm³/mol. The summed E-state index contributed by atoms with van der Waals surface area (Å²) in [5, 5.41) is 10.7. The van der Waals surface area contributed by atoms with Gasteiger partial charge >= 0.3 is 0 Å². The maximum Gasteiger partial charge on any atom is 0.277 e. The van der Waals surface area contributed by atoms with Crippen molar-refractivity contribution in [3.8, 4) is 11.5 Å². The number of carbonyl (C=O) groups excluding carboxylic acids is 1. The Morgan fingerprint density at radius 2 is 1.81 bits per heavy atom. The van der Waals surface area contributed by atoms with E-state index >= 15 is 0 Å². The number of carbonyl (C=O) groups is 1. The number of anilines is 1. The van der Waals surface area contributed by atoms with E-state index in [9.17, 15) is 9.18 Å². The van der Waals surface area contributed by atoms with Crippen molar-refractivity contribution in [2.24, 2.45) is 0 Å². The largest absolute Gasteiger partial charge is 0.411 e. The van der Waals surface area contributed by atoms with E-state index < -0.39 is 5.82 Å². The van der Waals surface area contributed by atoms with Gasteiger partial charge in [0, 0.05) is 5.69 Å². The lowest BCUT2D eigenvalue weighted by atomic mass is 9.87. The summed E-state index contributed by atoms with van der Waals surface area (Å²) in [6.07, 6.45) is 0. The first-order valence-corrected chi connectivity index (χ1v) is 9.43. The van der Waals surface area contributed by atoms with Crippen LogP contribution >= 0.6 is 11.8 Å². The highest BCUT2D eigenvalue weighted by atomic mass is 32.2. The van der Waals surface area contributed by atoms with Crippen LogP contribution in [0.25, 0.3) is 11.5 Å². The monoisotopic (exact) mass is 385 g/mol. The molecule has 0 atom stereocenters. The summed E-state index contributed by atoms with van der Waals surface area (Å²) in [7, 11) is 0. The standard InChI is InChI=1S/C20H20FN3O2S/c1-20(2,3)13-8-10-14(11-9-13)22-17(25)12-27-19-24-23-18(26-19)15-6-4-5-7-16(15)21/h4-11H,12H2,1-3H3,(H,22,25). The highest BCUT2D eigenvalue weighted by molar-refractivity contribution is 7.99. The molecule has 0 unspecified atom stereocenters. The van der Waals surface area contributed by atoms with Crippen molar-refractivity contribution in [3.63, 3.8) is 0 Å². The average molecular weight is 385 g/mol. The van der Waals surface area contributed by atoms with Gasteiger partial charge in [0.2, 0.25) is 5.91 Å². The van der Waals surface area contributed by atoms with Gasteiger partial charge in [-0.3, -0.25) is 4.79 Å². The van der Waals surface area contributed by atoms with Gasteiger partial charge in [-0.25, -0.2) is 4.39 Å². The number of nitrogens with zero attached hydrogens (tertiary/aromatic N) is 2. The smallest absolute Gasteiger partial charge is 0.277 e. The van der Waals surface area contributed by atoms with Gasteiger partial charge in [-0.2, -0.15) is 0 Å². The molecule has 1 N–H and O–H groups in total. The molecular weight excluding hydrogens is 365 g/mol. The van der Waals surface area contributed by atoms with Gasteiger partial charge in [-0.1, -0.05) is 56.8 Å². The highest BCUT2D eigenvalue weighted by Gasteiger charge is 2.15. The molecule has 3 rings (SSSR count). The van der Waals surface area contributed by atoms with Crippen LogP contribution in [0, 0.1) is 5.82 Å². The number of thioether (sulfide) groups is 1. The van der Waals surface area contributed by atoms with Crippen molar-refractivity contribution in [3.05, 3.63) is 59.9 Å². The molecule has 7 heteroatoms. The number of nitrogens with one attached hydrogen (secondary N) is 1. The minimum atomic E-state index is -0.436. The van der Waals surface area contributed by atoms with Gasteiger partial charge in [-0.15, -0.1) is 10.2 Å². The Morgan fingerprint density at radius 1 is 1.11 bits per heavy atom. The molecule has 27 heavy (non-hydrogen) atoms. The lowest BCUT2D eigenvalue weighted by molar-refractivity contribution is -0.113. The van der Waals surface area contributed by atoms with Crippen LogP contribution < -0.4 is 5.32 Å². The Bertz CT molecular complexity index is 933. The van der Waals surface area contributed by atoms with Crippen LogP contribution in [-0.2, 0) is 10.2 Å². The summed E-state index contributed by atoms with van der Waals surface area (Å²) in [5.41, 5.74) is 2.22. The van der Waals surface area contributed by atoms with Crippen molar-refractivity contribution in [2.75, 3.05) is 11.1 Å². The first-order valence-electron chi connectivity index (χ1n) is 8.44. The Labute approximate surface area is 161 Å². The van der Waals surface area contributed by atoms with E-state index in [1.165, 1.54) is 11.6 Å². The van der Waals surface area contributed by atoms with Gasteiger partial charge < -0.3 is 9.73 Å². The van der Waals surface area contributed by atoms with Gasteiger partial charge in [0.1, 0.15) is 5.82 Å². The second-order valence-corrected chi connectivity index (χ2v) is 7.94. The summed E-state index contributed by atoms with van der Waals surface area (Å²) in [5.74, 6) is -0.419. The van der Waals surface area contributed by atoms with Gasteiger partial charge in [0.05, 0.1) is 11.3 Å². The first kappa shape index (κ1) is 19.1. The maximum absolute atomic E-state index is 13.7. The third-order valence-corrected chi connectivity index (χ3v) is 4.69. The molecule has 1 aromatic heterocycles. The minimum Gasteiger partial charge on any atom is -0.411 e. The number of hydrogen-bond acceptors (Lipinski definition) is 5. The van der Waals surface area contributed by atoms with Crippen LogP contribution in [0.15, 0.2) is 58.2 Å². The zero-order chi connectivity index (χ0) is 19.4. The third kappa shape index (κ3) is 4.95. The molecular formula is C20H20FN3O2S. The fraction of sp³-hybridized carbons (Fsp3) is 0.250. The molecule has 0 saturated heterocycles. The molecule has 1 amide bonds. The van der Waals surface area contributed by atoms with E-state index in [1.807, 2.05) is 24.3 Å². The van der Waals surface area contributed by atoms with E-state index in [0.29, 0.717) is 0 Å². The summed E-state index contributed by atoms with van der Waals surface area (Å²) in [6.45, 7) is 6.41. The van der Waals surface area contributed by atoms with E-state index in [4.69, 9.17) is 4.42 Å². The Kier molecular flexibility index (Phi) is 5.60. The molecule has 0 aliphatic carbocycles. The van der Waals surface area contributed by atoms with E-state index in [-0.39, 0.29) is 33.8 Å². The molecule has 0 saturated carbocycles. The molecule has 0 aliphatic rings. The fourth-order valence-electron chi connectivity index (χ4n) is 2.39. The van der Waals surface area contributed by atoms with Crippen molar-refractivity contribution in [2.45, 2.75) is 31.4 Å². The lowest BCUT2D eigenvalue weighted by Gasteiger charge is -2.19. The fourth-order valence-corrected chi connectivity index (χ4v) is 2.95. The third-order valence-electron chi connectivity index (χ3n) is 3.87. The van der Waals surface area contributed by atoms with E-state index in [2.05, 4.69) is 36.3 Å². The topological polar surface area (TPSA) is 68.0 Å². The molecule has 0 fully saturated rings. The summed E-state index contributed by atoms with van der Waals surface area (Å²) < 4.78 is 19.2. The van der Waals surface area contributed by atoms with E-state index in [0.717, 1.165) is 17.4 Å². The first-order chi connectivity index (χ1) is 12.8. The van der Waals surface area contributed by atoms with Crippen LogP contribution in [0.3, 0.4) is 0 Å². The number of hydrogen-bond donors (Lipinski definition) is 1. The SMILES string of the molecule is CC(C)(C)c1ccc(NC(=O)CSc2nnc(-c3ccccc3F)o2)cc1. The van der Waals surface area contributed by atoms with Crippen LogP contribution in [0.5, 0.6) is 0 Å². The zero-order valence-corrected chi connectivity index (χ0v) is 16.1. The van der Waals surface area contributed by atoms with Crippen molar-refractivity contribution < 1.29 is 13.6 Å². The predicted octanol–water partition coefficient (Wildman–Crippen LogP) is 4.90. The van der Waals surface area contributed by atoms with Gasteiger partial charge in [0.25, 0.3) is 11.1 Å². The quantitative estimate of drug-likeness (QED) is 0.633. The zero-order valence-electron chi connectivity index (χ0n) is 15.3. The number of rotatable bonds is 5. The van der Waals surface area contributed by atoms with Crippen LogP contribution in [-0.4, -0.2) is 21.9 Å². The second kappa shape index (κ2) is 7.92. The van der Waals surface area contributed by atoms with Crippen LogP contribution in [0.4, 0.5) is 10.1 Å². The van der Waals surface area contributed by atoms with Crippen molar-refractivity contribution in [1.82, 2.24) is 10.2 Å². The number of aromatic nitrogens is 2. The van der Waals surface area contributed by atoms with Crippen LogP contribution in [0.2, 0.25) is 0 Å². The molecule has 140 valence electrons.